The molecule has 0 aromatic rings. The van der Waals surface area contributed by atoms with Crippen molar-refractivity contribution in [3.63, 3.8) is 0 Å². The molecule has 108 valence electrons. The average molecular weight is 262 g/mol. The number of carbonyl (C=O) groups is 1. The Morgan fingerprint density at radius 3 is 2.42 bits per heavy atom. The van der Waals surface area contributed by atoms with E-state index in [2.05, 4.69) is 20.8 Å². The van der Waals surface area contributed by atoms with Crippen LogP contribution < -0.4 is 0 Å². The Kier molecular flexibility index (Phi) is 3.52. The van der Waals surface area contributed by atoms with E-state index in [-0.39, 0.29) is 0 Å². The molecule has 3 aliphatic carbocycles. The molecule has 2 bridgehead atoms. The lowest BCUT2D eigenvalue weighted by Crippen LogP contribution is -2.33. The summed E-state index contributed by atoms with van der Waals surface area (Å²) in [4.78, 5) is 12.3. The minimum atomic E-state index is 0.383. The van der Waals surface area contributed by atoms with Gasteiger partial charge in [0, 0.05) is 12.3 Å². The van der Waals surface area contributed by atoms with E-state index in [0.717, 1.165) is 36.5 Å². The van der Waals surface area contributed by atoms with Crippen molar-refractivity contribution in [2.24, 2.45) is 35.0 Å². The van der Waals surface area contributed by atoms with Crippen LogP contribution in [0.15, 0.2) is 0 Å². The van der Waals surface area contributed by atoms with Gasteiger partial charge in [0.15, 0.2) is 0 Å². The molecule has 19 heavy (non-hydrogen) atoms. The van der Waals surface area contributed by atoms with Gasteiger partial charge in [0.1, 0.15) is 5.78 Å². The maximum absolute atomic E-state index is 12.3. The van der Waals surface area contributed by atoms with Crippen molar-refractivity contribution >= 4 is 5.78 Å². The first-order chi connectivity index (χ1) is 8.93. The van der Waals surface area contributed by atoms with Crippen molar-refractivity contribution in [1.29, 1.82) is 0 Å². The fourth-order valence-electron chi connectivity index (χ4n) is 5.16. The van der Waals surface area contributed by atoms with E-state index in [0.29, 0.717) is 17.1 Å². The standard InChI is InChI=1S/C18H30O/c1-18(2,3)16-6-7-17(19)15(11-16)10-14-9-12-4-5-13(14)8-12/h12-16H,4-11H2,1-3H3. The zero-order valence-electron chi connectivity index (χ0n) is 13.0. The number of hydrogen-bond donors (Lipinski definition) is 0. The fourth-order valence-corrected chi connectivity index (χ4v) is 5.16. The van der Waals surface area contributed by atoms with Crippen LogP contribution in [0.1, 0.15) is 72.1 Å². The summed E-state index contributed by atoms with van der Waals surface area (Å²) in [5, 5.41) is 0. The molecule has 0 aromatic heterocycles. The van der Waals surface area contributed by atoms with Crippen LogP contribution in [0.2, 0.25) is 0 Å². The Morgan fingerprint density at radius 1 is 1.05 bits per heavy atom. The molecule has 0 aromatic carbocycles. The maximum Gasteiger partial charge on any atom is 0.136 e. The molecule has 0 aliphatic heterocycles. The second kappa shape index (κ2) is 4.90. The van der Waals surface area contributed by atoms with Crippen LogP contribution in [0.5, 0.6) is 0 Å². The molecule has 5 atom stereocenters. The van der Waals surface area contributed by atoms with Crippen LogP contribution in [-0.4, -0.2) is 5.78 Å². The van der Waals surface area contributed by atoms with Gasteiger partial charge in [0.05, 0.1) is 0 Å². The molecule has 3 aliphatic rings. The number of carbonyl (C=O) groups excluding carboxylic acids is 1. The van der Waals surface area contributed by atoms with Crippen molar-refractivity contribution in [3.8, 4) is 0 Å². The van der Waals surface area contributed by atoms with Gasteiger partial charge in [0.2, 0.25) is 0 Å². The molecule has 5 unspecified atom stereocenters. The zero-order valence-corrected chi connectivity index (χ0v) is 13.0. The Labute approximate surface area is 118 Å². The quantitative estimate of drug-likeness (QED) is 0.695. The van der Waals surface area contributed by atoms with Crippen LogP contribution in [0, 0.1) is 35.0 Å². The third-order valence-corrected chi connectivity index (χ3v) is 6.46. The molecule has 0 amide bonds. The summed E-state index contributed by atoms with van der Waals surface area (Å²) in [6.45, 7) is 7.05. The highest BCUT2D eigenvalue weighted by Gasteiger charge is 2.42. The smallest absolute Gasteiger partial charge is 0.136 e. The lowest BCUT2D eigenvalue weighted by atomic mass is 9.66. The highest BCUT2D eigenvalue weighted by Crippen LogP contribution is 2.52. The van der Waals surface area contributed by atoms with Crippen molar-refractivity contribution in [3.05, 3.63) is 0 Å². The molecule has 0 radical (unpaired) electrons. The maximum atomic E-state index is 12.3. The van der Waals surface area contributed by atoms with Crippen molar-refractivity contribution in [2.45, 2.75) is 72.1 Å². The SMILES string of the molecule is CC(C)(C)C1CCC(=O)C(CC2CC3CCC2C3)C1. The fraction of sp³-hybridized carbons (Fsp3) is 0.944. The Bertz CT molecular complexity index is 351. The monoisotopic (exact) mass is 262 g/mol. The lowest BCUT2D eigenvalue weighted by Gasteiger charge is -2.38. The van der Waals surface area contributed by atoms with Gasteiger partial charge in [-0.25, -0.2) is 0 Å². The summed E-state index contributed by atoms with van der Waals surface area (Å²) in [5.41, 5.74) is 0.383. The summed E-state index contributed by atoms with van der Waals surface area (Å²) in [6.07, 6.45) is 10.2. The van der Waals surface area contributed by atoms with Crippen LogP contribution in [0.25, 0.3) is 0 Å². The van der Waals surface area contributed by atoms with Crippen LogP contribution >= 0.6 is 0 Å². The average Bonchev–Trinajstić information content (AvgIpc) is 2.92. The summed E-state index contributed by atoms with van der Waals surface area (Å²) < 4.78 is 0. The summed E-state index contributed by atoms with van der Waals surface area (Å²) in [7, 11) is 0. The van der Waals surface area contributed by atoms with Gasteiger partial charge >= 0.3 is 0 Å². The molecule has 1 nitrogen and oxygen atoms in total. The zero-order chi connectivity index (χ0) is 13.6. The number of fused-ring (bicyclic) bond motifs is 2. The van der Waals surface area contributed by atoms with Gasteiger partial charge in [-0.2, -0.15) is 0 Å². The van der Waals surface area contributed by atoms with Gasteiger partial charge in [0.25, 0.3) is 0 Å². The van der Waals surface area contributed by atoms with Gasteiger partial charge in [-0.15, -0.1) is 0 Å². The molecule has 0 N–H and O–H groups in total. The second-order valence-corrected chi connectivity index (χ2v) is 8.67. The van der Waals surface area contributed by atoms with Crippen molar-refractivity contribution in [1.82, 2.24) is 0 Å². The molecule has 0 saturated heterocycles. The van der Waals surface area contributed by atoms with E-state index < -0.39 is 0 Å². The van der Waals surface area contributed by atoms with Crippen molar-refractivity contribution < 1.29 is 4.79 Å². The first-order valence-electron chi connectivity index (χ1n) is 8.46. The molecule has 0 heterocycles. The molecule has 3 saturated carbocycles. The number of ketones is 1. The Morgan fingerprint density at radius 2 is 1.84 bits per heavy atom. The van der Waals surface area contributed by atoms with E-state index in [9.17, 15) is 4.79 Å². The molecular formula is C18H30O. The van der Waals surface area contributed by atoms with Crippen LogP contribution in [0.3, 0.4) is 0 Å². The molecule has 3 fully saturated rings. The first kappa shape index (κ1) is 13.6. The minimum absolute atomic E-state index is 0.383. The summed E-state index contributed by atoms with van der Waals surface area (Å²) in [6, 6.07) is 0. The van der Waals surface area contributed by atoms with Gasteiger partial charge < -0.3 is 0 Å². The molecule has 3 rings (SSSR count). The number of rotatable bonds is 2. The van der Waals surface area contributed by atoms with Crippen LogP contribution in [0.4, 0.5) is 0 Å². The minimum Gasteiger partial charge on any atom is -0.299 e. The van der Waals surface area contributed by atoms with E-state index in [1.165, 1.54) is 38.5 Å². The van der Waals surface area contributed by atoms with E-state index in [4.69, 9.17) is 0 Å². The van der Waals surface area contributed by atoms with Gasteiger partial charge in [-0.05, 0) is 67.6 Å². The lowest BCUT2D eigenvalue weighted by molar-refractivity contribution is -0.127. The predicted molar refractivity (Wildman–Crippen MR) is 78.8 cm³/mol. The van der Waals surface area contributed by atoms with Gasteiger partial charge in [-0.3, -0.25) is 4.79 Å². The highest BCUT2D eigenvalue weighted by atomic mass is 16.1. The van der Waals surface area contributed by atoms with Crippen molar-refractivity contribution in [2.75, 3.05) is 0 Å². The highest BCUT2D eigenvalue weighted by molar-refractivity contribution is 5.81. The van der Waals surface area contributed by atoms with E-state index >= 15 is 0 Å². The van der Waals surface area contributed by atoms with Crippen LogP contribution in [-0.2, 0) is 4.79 Å². The molecular weight excluding hydrogens is 232 g/mol. The summed E-state index contributed by atoms with van der Waals surface area (Å²) in [5.74, 6) is 4.64. The Balaban J connectivity index is 1.61. The molecule has 0 spiro atoms. The normalized spacial score (nSPS) is 42.9. The van der Waals surface area contributed by atoms with Gasteiger partial charge in [-0.1, -0.05) is 27.2 Å². The number of Topliss-reactive ketones (excluding diaryl/α,β-unsaturated/α-hetero) is 1. The largest absolute Gasteiger partial charge is 0.299 e. The topological polar surface area (TPSA) is 17.1 Å². The third kappa shape index (κ3) is 2.76. The first-order valence-corrected chi connectivity index (χ1v) is 8.46. The van der Waals surface area contributed by atoms with E-state index in [1.807, 2.05) is 0 Å². The molecule has 1 heteroatoms. The number of hydrogen-bond acceptors (Lipinski definition) is 1. The second-order valence-electron chi connectivity index (χ2n) is 8.67. The third-order valence-electron chi connectivity index (χ3n) is 6.46. The van der Waals surface area contributed by atoms with E-state index in [1.54, 1.807) is 0 Å². The predicted octanol–water partition coefficient (Wildman–Crippen LogP) is 4.84. The summed E-state index contributed by atoms with van der Waals surface area (Å²) >= 11 is 0. The Hall–Kier alpha value is -0.330.